The van der Waals surface area contributed by atoms with Crippen molar-refractivity contribution in [3.05, 3.63) is 51.2 Å². The van der Waals surface area contributed by atoms with E-state index in [0.717, 1.165) is 16.2 Å². The summed E-state index contributed by atoms with van der Waals surface area (Å²) in [6.07, 6.45) is 0. The van der Waals surface area contributed by atoms with E-state index in [1.54, 1.807) is 12.0 Å². The first-order valence-electron chi connectivity index (χ1n) is 7.10. The minimum Gasteiger partial charge on any atom is -0.496 e. The Kier molecular flexibility index (Phi) is 5.48. The monoisotopic (exact) mass is 337 g/mol. The maximum absolute atomic E-state index is 12.7. The highest BCUT2D eigenvalue weighted by atomic mass is 35.5. The number of likely N-dealkylation sites (N-methyl/N-ethyl adjacent to an activating group) is 1. The van der Waals surface area contributed by atoms with Crippen LogP contribution in [0.4, 0.5) is 0 Å². The smallest absolute Gasteiger partial charge is 0.230 e. The third kappa shape index (κ3) is 3.45. The third-order valence-electron chi connectivity index (χ3n) is 3.91. The lowest BCUT2D eigenvalue weighted by molar-refractivity contribution is -0.133. The Morgan fingerprint density at radius 3 is 2.50 bits per heavy atom. The molecule has 22 heavy (non-hydrogen) atoms. The van der Waals surface area contributed by atoms with Gasteiger partial charge in [-0.05, 0) is 32.0 Å². The number of methoxy groups -OCH3 is 1. The summed E-state index contributed by atoms with van der Waals surface area (Å²) in [5.74, 6) is 0.651. The summed E-state index contributed by atoms with van der Waals surface area (Å²) >= 11 is 7.41. The first-order chi connectivity index (χ1) is 10.5. The van der Waals surface area contributed by atoms with Crippen LogP contribution in [0.15, 0.2) is 36.4 Å². The molecule has 0 bridgehead atoms. The molecule has 0 aliphatic carbocycles. The van der Waals surface area contributed by atoms with Gasteiger partial charge in [0.15, 0.2) is 0 Å². The lowest BCUT2D eigenvalue weighted by Crippen LogP contribution is -2.33. The van der Waals surface area contributed by atoms with Crippen LogP contribution in [-0.2, 0) is 4.79 Å². The Morgan fingerprint density at radius 1 is 1.23 bits per heavy atom. The first kappa shape index (κ1) is 16.8. The van der Waals surface area contributed by atoms with Gasteiger partial charge in [-0.25, -0.2) is 0 Å². The number of hydrogen-bond acceptors (Lipinski definition) is 3. The van der Waals surface area contributed by atoms with Crippen LogP contribution in [0, 0.1) is 0 Å². The average molecular weight is 338 g/mol. The third-order valence-corrected chi connectivity index (χ3v) is 5.32. The van der Waals surface area contributed by atoms with E-state index >= 15 is 0 Å². The van der Waals surface area contributed by atoms with Gasteiger partial charge >= 0.3 is 0 Å². The predicted octanol–water partition coefficient (Wildman–Crippen LogP) is 4.73. The average Bonchev–Trinajstić information content (AvgIpc) is 2.98. The van der Waals surface area contributed by atoms with Crippen LogP contribution in [0.3, 0.4) is 0 Å². The van der Waals surface area contributed by atoms with Crippen LogP contribution in [-0.4, -0.2) is 25.0 Å². The molecule has 0 aliphatic heterocycles. The molecule has 3 nitrogen and oxygen atoms in total. The van der Waals surface area contributed by atoms with E-state index in [2.05, 4.69) is 0 Å². The van der Waals surface area contributed by atoms with Crippen molar-refractivity contribution >= 4 is 28.8 Å². The van der Waals surface area contributed by atoms with Crippen LogP contribution in [0.2, 0.25) is 4.34 Å². The Labute approximate surface area is 140 Å². The molecule has 2 rings (SSSR count). The van der Waals surface area contributed by atoms with Crippen molar-refractivity contribution in [1.29, 1.82) is 0 Å². The van der Waals surface area contributed by atoms with Gasteiger partial charge in [0, 0.05) is 17.5 Å². The zero-order chi connectivity index (χ0) is 16.3. The quantitative estimate of drug-likeness (QED) is 0.789. The summed E-state index contributed by atoms with van der Waals surface area (Å²) in [7, 11) is 3.47. The summed E-state index contributed by atoms with van der Waals surface area (Å²) in [4.78, 5) is 15.5. The fourth-order valence-corrected chi connectivity index (χ4v) is 3.50. The molecule has 1 aromatic heterocycles. The molecule has 2 aromatic rings. The summed E-state index contributed by atoms with van der Waals surface area (Å²) in [5.41, 5.74) is 0.997. The Hall–Kier alpha value is -1.52. The molecule has 0 unspecified atom stereocenters. The fourth-order valence-electron chi connectivity index (χ4n) is 2.40. The zero-order valence-corrected chi connectivity index (χ0v) is 14.7. The molecule has 0 spiro atoms. The molecular formula is C17H20ClNO2S. The second kappa shape index (κ2) is 7.16. The van der Waals surface area contributed by atoms with Crippen LogP contribution in [0.5, 0.6) is 5.75 Å². The second-order valence-electron chi connectivity index (χ2n) is 5.23. The van der Waals surface area contributed by atoms with E-state index in [4.69, 9.17) is 16.3 Å². The maximum Gasteiger partial charge on any atom is 0.230 e. The highest BCUT2D eigenvalue weighted by Gasteiger charge is 2.26. The van der Waals surface area contributed by atoms with Gasteiger partial charge in [-0.2, -0.15) is 0 Å². The van der Waals surface area contributed by atoms with E-state index in [1.807, 2.05) is 57.3 Å². The summed E-state index contributed by atoms with van der Waals surface area (Å²) < 4.78 is 6.10. The van der Waals surface area contributed by atoms with Crippen molar-refractivity contribution in [2.45, 2.75) is 25.8 Å². The highest BCUT2D eigenvalue weighted by Crippen LogP contribution is 2.33. The van der Waals surface area contributed by atoms with E-state index in [-0.39, 0.29) is 17.9 Å². The van der Waals surface area contributed by atoms with Crippen LogP contribution >= 0.6 is 22.9 Å². The van der Waals surface area contributed by atoms with Gasteiger partial charge < -0.3 is 9.64 Å². The van der Waals surface area contributed by atoms with Gasteiger partial charge in [-0.1, -0.05) is 29.8 Å². The number of para-hydroxylation sites is 1. The second-order valence-corrected chi connectivity index (χ2v) is 6.98. The normalized spacial score (nSPS) is 13.5. The van der Waals surface area contributed by atoms with Crippen LogP contribution in [0.1, 0.15) is 36.2 Å². The molecule has 118 valence electrons. The van der Waals surface area contributed by atoms with Crippen molar-refractivity contribution in [3.8, 4) is 5.75 Å². The highest BCUT2D eigenvalue weighted by molar-refractivity contribution is 7.16. The Bertz CT molecular complexity index is 656. The zero-order valence-electron chi connectivity index (χ0n) is 13.2. The molecule has 0 radical (unpaired) electrons. The van der Waals surface area contributed by atoms with Crippen LogP contribution in [0.25, 0.3) is 0 Å². The van der Waals surface area contributed by atoms with Crippen molar-refractivity contribution in [2.75, 3.05) is 14.2 Å². The van der Waals surface area contributed by atoms with Crippen molar-refractivity contribution < 1.29 is 9.53 Å². The van der Waals surface area contributed by atoms with Gasteiger partial charge in [0.2, 0.25) is 5.91 Å². The summed E-state index contributed by atoms with van der Waals surface area (Å²) in [5, 5.41) is 0. The molecule has 1 heterocycles. The summed E-state index contributed by atoms with van der Waals surface area (Å²) in [6.45, 7) is 3.92. The topological polar surface area (TPSA) is 29.5 Å². The van der Waals surface area contributed by atoms with Gasteiger partial charge in [-0.3, -0.25) is 4.79 Å². The van der Waals surface area contributed by atoms with Crippen molar-refractivity contribution in [1.82, 2.24) is 4.90 Å². The fraction of sp³-hybridized carbons (Fsp3) is 0.353. The molecule has 0 saturated carbocycles. The van der Waals surface area contributed by atoms with Crippen LogP contribution < -0.4 is 4.74 Å². The van der Waals surface area contributed by atoms with E-state index in [1.165, 1.54) is 11.3 Å². The molecule has 5 heteroatoms. The number of rotatable bonds is 5. The van der Waals surface area contributed by atoms with E-state index in [9.17, 15) is 4.79 Å². The van der Waals surface area contributed by atoms with Crippen molar-refractivity contribution in [3.63, 3.8) is 0 Å². The maximum atomic E-state index is 12.7. The molecule has 0 aliphatic rings. The van der Waals surface area contributed by atoms with Gasteiger partial charge in [0.1, 0.15) is 5.75 Å². The molecule has 0 fully saturated rings. The largest absolute Gasteiger partial charge is 0.496 e. The predicted molar refractivity (Wildman–Crippen MR) is 91.9 cm³/mol. The summed E-state index contributed by atoms with van der Waals surface area (Å²) in [6, 6.07) is 11.4. The molecule has 2 atom stereocenters. The number of halogens is 1. The Morgan fingerprint density at radius 2 is 1.91 bits per heavy atom. The lowest BCUT2D eigenvalue weighted by Gasteiger charge is -2.28. The molecule has 1 aromatic carbocycles. The number of carbonyl (C=O) groups excluding carboxylic acids is 1. The van der Waals surface area contributed by atoms with E-state index < -0.39 is 0 Å². The molecule has 0 saturated heterocycles. The molecular weight excluding hydrogens is 318 g/mol. The number of carbonyl (C=O) groups is 1. The standard InChI is InChI=1S/C17H20ClNO2S/c1-11(15-9-10-16(18)22-15)17(20)19(3)12(2)13-7-5-6-8-14(13)21-4/h5-12H,1-4H3/t11-,12-/m0/s1. The SMILES string of the molecule is COc1ccccc1[C@H](C)N(C)C(=O)[C@@H](C)c1ccc(Cl)s1. The van der Waals surface area contributed by atoms with Gasteiger partial charge in [0.05, 0.1) is 23.4 Å². The number of amides is 1. The minimum atomic E-state index is -0.209. The van der Waals surface area contributed by atoms with Gasteiger partial charge in [-0.15, -0.1) is 11.3 Å². The number of thiophene rings is 1. The lowest BCUT2D eigenvalue weighted by atomic mass is 10.0. The number of hydrogen-bond donors (Lipinski definition) is 0. The van der Waals surface area contributed by atoms with E-state index in [0.29, 0.717) is 4.34 Å². The van der Waals surface area contributed by atoms with Gasteiger partial charge in [0.25, 0.3) is 0 Å². The molecule has 0 N–H and O–H groups in total. The minimum absolute atomic E-state index is 0.0666. The molecule has 1 amide bonds. The number of benzene rings is 1. The van der Waals surface area contributed by atoms with Crippen molar-refractivity contribution in [2.24, 2.45) is 0 Å². The number of nitrogens with zero attached hydrogens (tertiary/aromatic N) is 1. The Balaban J connectivity index is 2.19. The first-order valence-corrected chi connectivity index (χ1v) is 8.30. The number of ether oxygens (including phenoxy) is 1.